The molecule has 0 aromatic carbocycles. The van der Waals surface area contributed by atoms with Crippen molar-refractivity contribution in [1.82, 2.24) is 10.2 Å². The molecule has 1 amide bonds. The van der Waals surface area contributed by atoms with Gasteiger partial charge < -0.3 is 10.1 Å². The first-order valence-electron chi connectivity index (χ1n) is 8.41. The minimum atomic E-state index is -0.407. The van der Waals surface area contributed by atoms with Crippen molar-refractivity contribution in [2.45, 2.75) is 33.1 Å². The molecule has 0 unspecified atom stereocenters. The van der Waals surface area contributed by atoms with Gasteiger partial charge in [-0.2, -0.15) is 0 Å². The van der Waals surface area contributed by atoms with Crippen LogP contribution >= 0.6 is 0 Å². The summed E-state index contributed by atoms with van der Waals surface area (Å²) in [6.45, 7) is 16.7. The van der Waals surface area contributed by atoms with Gasteiger partial charge in [0.1, 0.15) is 6.61 Å². The second-order valence-corrected chi connectivity index (χ2v) is 5.91. The summed E-state index contributed by atoms with van der Waals surface area (Å²) in [5, 5.41) is 2.72. The number of amides is 1. The normalized spacial score (nSPS) is 10.2. The van der Waals surface area contributed by atoms with Crippen LogP contribution in [0.25, 0.3) is 0 Å². The van der Waals surface area contributed by atoms with E-state index in [2.05, 4.69) is 30.0 Å². The Balaban J connectivity index is 4.28. The van der Waals surface area contributed by atoms with E-state index in [1.807, 2.05) is 0 Å². The predicted molar refractivity (Wildman–Crippen MR) is 99.1 cm³/mol. The highest BCUT2D eigenvalue weighted by molar-refractivity contribution is 5.94. The first-order chi connectivity index (χ1) is 11.8. The highest BCUT2D eigenvalue weighted by Crippen LogP contribution is 2.03. The first kappa shape index (κ1) is 22.8. The van der Waals surface area contributed by atoms with E-state index in [9.17, 15) is 14.4 Å². The molecule has 0 spiro atoms. The molecular weight excluding hydrogens is 320 g/mol. The summed E-state index contributed by atoms with van der Waals surface area (Å²) < 4.78 is 5.12. The van der Waals surface area contributed by atoms with Gasteiger partial charge in [0.05, 0.1) is 0 Å². The zero-order valence-electron chi connectivity index (χ0n) is 15.4. The number of esters is 1. The summed E-state index contributed by atoms with van der Waals surface area (Å²) >= 11 is 0. The zero-order chi connectivity index (χ0) is 19.2. The minimum absolute atomic E-state index is 0.0620. The Labute approximate surface area is 150 Å². The number of ketones is 1. The second-order valence-electron chi connectivity index (χ2n) is 5.91. The third-order valence-corrected chi connectivity index (χ3v) is 3.48. The molecular formula is C19H30N2O4. The molecule has 0 bridgehead atoms. The van der Waals surface area contributed by atoms with Gasteiger partial charge in [0, 0.05) is 25.1 Å². The average molecular weight is 350 g/mol. The number of rotatable bonds is 14. The molecule has 0 atom stereocenters. The minimum Gasteiger partial charge on any atom is -0.461 e. The number of nitrogens with one attached hydrogen (secondary N) is 1. The smallest absolute Gasteiger partial charge is 0.333 e. The fourth-order valence-corrected chi connectivity index (χ4v) is 1.99. The van der Waals surface area contributed by atoms with Crippen LogP contribution in [0.4, 0.5) is 0 Å². The summed E-state index contributed by atoms with van der Waals surface area (Å²) in [5.41, 5.74) is 0.930. The molecule has 0 aliphatic carbocycles. The van der Waals surface area contributed by atoms with Crippen molar-refractivity contribution >= 4 is 17.7 Å². The van der Waals surface area contributed by atoms with Crippen molar-refractivity contribution < 1.29 is 19.1 Å². The summed E-state index contributed by atoms with van der Waals surface area (Å²) in [7, 11) is 0. The van der Waals surface area contributed by atoms with Gasteiger partial charge in [-0.25, -0.2) is 4.79 Å². The Hall–Kier alpha value is -2.21. The maximum atomic E-state index is 11.6. The Morgan fingerprint density at radius 2 is 1.68 bits per heavy atom. The fraction of sp³-hybridized carbons (Fsp3) is 0.526. The molecule has 0 fully saturated rings. The molecule has 0 aliphatic heterocycles. The van der Waals surface area contributed by atoms with Gasteiger partial charge >= 0.3 is 5.97 Å². The van der Waals surface area contributed by atoms with Gasteiger partial charge in [0.25, 0.3) is 0 Å². The second kappa shape index (κ2) is 13.1. The maximum absolute atomic E-state index is 11.6. The number of carbonyl (C=O) groups excluding carboxylic acids is 3. The summed E-state index contributed by atoms with van der Waals surface area (Å²) in [6, 6.07) is 0. The highest BCUT2D eigenvalue weighted by Gasteiger charge is 2.09. The molecule has 6 nitrogen and oxygen atoms in total. The van der Waals surface area contributed by atoms with E-state index in [1.165, 1.54) is 6.08 Å². The molecule has 25 heavy (non-hydrogen) atoms. The zero-order valence-corrected chi connectivity index (χ0v) is 15.4. The van der Waals surface area contributed by atoms with Crippen LogP contribution < -0.4 is 5.32 Å². The molecule has 140 valence electrons. The number of carbonyl (C=O) groups is 3. The van der Waals surface area contributed by atoms with E-state index in [0.717, 1.165) is 13.0 Å². The van der Waals surface area contributed by atoms with Gasteiger partial charge in [-0.05, 0) is 51.4 Å². The standard InChI is InChI=1S/C19H30N2O4/c1-6-18(23)20-10-8-12-21(11-7-9-17(22)15(2)3)13-14-25-19(24)16(4)5/h6H,1-2,4,7-14H2,3,5H3,(H,20,23). The topological polar surface area (TPSA) is 75.7 Å². The lowest BCUT2D eigenvalue weighted by molar-refractivity contribution is -0.139. The van der Waals surface area contributed by atoms with Crippen molar-refractivity contribution in [3.8, 4) is 0 Å². The van der Waals surface area contributed by atoms with Crippen molar-refractivity contribution in [3.05, 3.63) is 37.0 Å². The Kier molecular flexibility index (Phi) is 12.0. The van der Waals surface area contributed by atoms with E-state index in [4.69, 9.17) is 4.74 Å². The molecule has 0 rings (SSSR count). The third-order valence-electron chi connectivity index (χ3n) is 3.48. The molecule has 1 N–H and O–H groups in total. The lowest BCUT2D eigenvalue weighted by Gasteiger charge is -2.22. The van der Waals surface area contributed by atoms with E-state index < -0.39 is 5.97 Å². The molecule has 6 heteroatoms. The van der Waals surface area contributed by atoms with Gasteiger partial charge in [-0.3, -0.25) is 14.5 Å². The highest BCUT2D eigenvalue weighted by atomic mass is 16.5. The number of nitrogens with zero attached hydrogens (tertiary/aromatic N) is 1. The molecule has 0 saturated heterocycles. The van der Waals surface area contributed by atoms with Crippen LogP contribution in [-0.4, -0.2) is 55.3 Å². The quantitative estimate of drug-likeness (QED) is 0.295. The maximum Gasteiger partial charge on any atom is 0.333 e. The Bertz CT molecular complexity index is 480. The van der Waals surface area contributed by atoms with Crippen LogP contribution in [0.15, 0.2) is 37.0 Å². The average Bonchev–Trinajstić information content (AvgIpc) is 2.57. The van der Waals surface area contributed by atoms with Crippen molar-refractivity contribution in [1.29, 1.82) is 0 Å². The molecule has 0 aromatic rings. The van der Waals surface area contributed by atoms with Gasteiger partial charge in [0.2, 0.25) is 5.91 Å². The summed E-state index contributed by atoms with van der Waals surface area (Å²) in [5.74, 6) is -0.545. The largest absolute Gasteiger partial charge is 0.461 e. The van der Waals surface area contributed by atoms with Crippen molar-refractivity contribution in [2.24, 2.45) is 0 Å². The summed E-state index contributed by atoms with van der Waals surface area (Å²) in [6.07, 6.45) is 3.14. The Morgan fingerprint density at radius 1 is 1.04 bits per heavy atom. The van der Waals surface area contributed by atoms with Crippen molar-refractivity contribution in [2.75, 3.05) is 32.8 Å². The van der Waals surface area contributed by atoms with Gasteiger partial charge in [-0.1, -0.05) is 19.7 Å². The number of allylic oxidation sites excluding steroid dienone is 1. The lowest BCUT2D eigenvalue weighted by Crippen LogP contribution is -2.33. The number of Topliss-reactive ketones (excluding diaryl/α,β-unsaturated/α-hetero) is 1. The number of hydrogen-bond acceptors (Lipinski definition) is 5. The van der Waals surface area contributed by atoms with Crippen LogP contribution in [0.5, 0.6) is 0 Å². The van der Waals surface area contributed by atoms with Gasteiger partial charge in [0.15, 0.2) is 5.78 Å². The van der Waals surface area contributed by atoms with E-state index in [0.29, 0.717) is 43.6 Å². The molecule has 0 aromatic heterocycles. The number of hydrogen-bond donors (Lipinski definition) is 1. The Morgan fingerprint density at radius 3 is 2.24 bits per heavy atom. The number of ether oxygens (including phenoxy) is 1. The first-order valence-corrected chi connectivity index (χ1v) is 8.41. The monoisotopic (exact) mass is 350 g/mol. The predicted octanol–water partition coefficient (Wildman–Crippen LogP) is 2.03. The third kappa shape index (κ3) is 11.9. The SMILES string of the molecule is C=CC(=O)NCCCN(CCCC(=O)C(=C)C)CCOC(=O)C(=C)C. The van der Waals surface area contributed by atoms with Crippen molar-refractivity contribution in [3.63, 3.8) is 0 Å². The van der Waals surface area contributed by atoms with Crippen LogP contribution in [-0.2, 0) is 19.1 Å². The molecule has 0 heterocycles. The molecule has 0 aliphatic rings. The van der Waals surface area contributed by atoms with E-state index in [1.54, 1.807) is 13.8 Å². The van der Waals surface area contributed by atoms with Gasteiger partial charge in [-0.15, -0.1) is 0 Å². The lowest BCUT2D eigenvalue weighted by atomic mass is 10.1. The molecule has 0 saturated carbocycles. The van der Waals surface area contributed by atoms with Crippen LogP contribution in [0, 0.1) is 0 Å². The van der Waals surface area contributed by atoms with Crippen LogP contribution in [0.1, 0.15) is 33.1 Å². The van der Waals surface area contributed by atoms with Crippen LogP contribution in [0.3, 0.4) is 0 Å². The molecule has 0 radical (unpaired) electrons. The van der Waals surface area contributed by atoms with E-state index >= 15 is 0 Å². The fourth-order valence-electron chi connectivity index (χ4n) is 1.99. The van der Waals surface area contributed by atoms with E-state index in [-0.39, 0.29) is 18.3 Å². The summed E-state index contributed by atoms with van der Waals surface area (Å²) in [4.78, 5) is 36.3. The van der Waals surface area contributed by atoms with Crippen LogP contribution in [0.2, 0.25) is 0 Å².